The number of aromatic amines is 1. The molecule has 226 valence electrons. The molecular weight excluding hydrogens is 589 g/mol. The molecule has 2 aliphatic rings. The molecule has 42 heavy (non-hydrogen) atoms. The van der Waals surface area contributed by atoms with Crippen LogP contribution in [0.1, 0.15) is 12.5 Å². The molecule has 0 radical (unpaired) electrons. The number of aliphatic hydroxyl groups excluding tert-OH is 3. The molecule has 22 nitrogen and oxygen atoms in total. The van der Waals surface area contributed by atoms with E-state index in [1.807, 2.05) is 0 Å². The first-order valence-electron chi connectivity index (χ1n) is 12.1. The fourth-order valence-corrected chi connectivity index (χ4v) is 5.58. The molecule has 0 saturated carbocycles. The number of aliphatic hydroxyl groups is 3. The molecule has 5 unspecified atom stereocenters. The molecule has 0 amide bonds. The lowest BCUT2D eigenvalue weighted by Crippen LogP contribution is -2.36. The topological polar surface area (TPSA) is 316 Å². The number of anilines is 2. The van der Waals surface area contributed by atoms with Crippen LogP contribution in [0.4, 0.5) is 11.8 Å². The van der Waals surface area contributed by atoms with Crippen LogP contribution in [0.25, 0.3) is 22.3 Å². The molecule has 0 aliphatic carbocycles. The zero-order valence-electron chi connectivity index (χ0n) is 21.3. The Labute approximate surface area is 232 Å². The maximum absolute atomic E-state index is 12.9. The quantitative estimate of drug-likeness (QED) is 0.0948. The van der Waals surface area contributed by atoms with Crippen molar-refractivity contribution in [2.24, 2.45) is 0 Å². The Morgan fingerprint density at radius 1 is 1.07 bits per heavy atom. The van der Waals surface area contributed by atoms with E-state index in [-0.39, 0.29) is 34.1 Å². The van der Waals surface area contributed by atoms with Crippen LogP contribution < -0.4 is 17.0 Å². The predicted octanol–water partition coefficient (Wildman–Crippen LogP) is -3.50. The third kappa shape index (κ3) is 4.78. The van der Waals surface area contributed by atoms with E-state index in [0.29, 0.717) is 0 Å². The molecule has 6 heterocycles. The molecule has 0 bridgehead atoms. The highest BCUT2D eigenvalue weighted by molar-refractivity contribution is 7.47. The Morgan fingerprint density at radius 2 is 1.86 bits per heavy atom. The number of nitrogen functional groups attached to an aromatic ring is 2. The van der Waals surface area contributed by atoms with Gasteiger partial charge in [0.05, 0.1) is 12.9 Å². The summed E-state index contributed by atoms with van der Waals surface area (Å²) in [7, 11) is -3.82. The summed E-state index contributed by atoms with van der Waals surface area (Å²) in [5, 5.41) is 39.5. The van der Waals surface area contributed by atoms with Gasteiger partial charge in [0.25, 0.3) is 5.56 Å². The standard InChI is InChI=1S/C19H24N11O11P/c1-37-18-11(10(33)17(40-18)30-14-7(27-28-30)15(34)26-19(21)25-14)41-42(35,36)38-2-5-8(31)9(32)16(39-5)29-4-24-6-12(20)22-3-23-13(6)29/h3-5,8-11,16-18,31-33H,2H2,1H3,(H,35,36)(H2,20,22,23)(H3,21,25,26,34)/t5-,8?,9?,10?,11?,16-,17-,18+/m1/s1. The number of ether oxygens (including phenoxy) is 3. The van der Waals surface area contributed by atoms with Crippen LogP contribution in [0.15, 0.2) is 17.4 Å². The molecule has 6 rings (SSSR count). The predicted molar refractivity (Wildman–Crippen MR) is 134 cm³/mol. The Kier molecular flexibility index (Phi) is 7.13. The van der Waals surface area contributed by atoms with E-state index in [9.17, 15) is 29.6 Å². The maximum Gasteiger partial charge on any atom is 0.472 e. The van der Waals surface area contributed by atoms with Gasteiger partial charge in [-0.15, -0.1) is 5.10 Å². The molecule has 4 aromatic rings. The first kappa shape index (κ1) is 28.4. The lowest BCUT2D eigenvalue weighted by molar-refractivity contribution is -0.161. The van der Waals surface area contributed by atoms with Crippen LogP contribution in [0.3, 0.4) is 0 Å². The Bertz CT molecular complexity index is 1730. The van der Waals surface area contributed by atoms with Crippen LogP contribution in [-0.2, 0) is 27.8 Å². The zero-order valence-corrected chi connectivity index (χ0v) is 22.2. The average molecular weight is 613 g/mol. The Morgan fingerprint density at radius 3 is 2.62 bits per heavy atom. The van der Waals surface area contributed by atoms with Gasteiger partial charge in [-0.05, 0) is 0 Å². The summed E-state index contributed by atoms with van der Waals surface area (Å²) in [5.41, 5.74) is 10.8. The van der Waals surface area contributed by atoms with Crippen molar-refractivity contribution in [1.82, 2.24) is 44.5 Å². The van der Waals surface area contributed by atoms with E-state index in [1.165, 1.54) is 24.3 Å². The fraction of sp³-hybridized carbons (Fsp3) is 0.526. The van der Waals surface area contributed by atoms with E-state index >= 15 is 0 Å². The summed E-state index contributed by atoms with van der Waals surface area (Å²) in [6.45, 7) is -0.726. The molecule has 2 aliphatic heterocycles. The monoisotopic (exact) mass is 613 g/mol. The van der Waals surface area contributed by atoms with E-state index in [0.717, 1.165) is 4.68 Å². The number of rotatable bonds is 8. The van der Waals surface area contributed by atoms with Crippen molar-refractivity contribution in [2.45, 2.75) is 49.3 Å². The van der Waals surface area contributed by atoms with Crippen LogP contribution in [0.5, 0.6) is 0 Å². The van der Waals surface area contributed by atoms with Crippen LogP contribution in [-0.4, -0.2) is 115 Å². The first-order chi connectivity index (χ1) is 20.0. The van der Waals surface area contributed by atoms with E-state index in [2.05, 4.69) is 35.2 Å². The van der Waals surface area contributed by atoms with Gasteiger partial charge in [-0.1, -0.05) is 5.21 Å². The summed E-state index contributed by atoms with van der Waals surface area (Å²) in [6.07, 6.45) is -9.31. The number of hydrogen-bond donors (Lipinski definition) is 7. The summed E-state index contributed by atoms with van der Waals surface area (Å²) < 4.78 is 41.7. The second-order valence-electron chi connectivity index (χ2n) is 9.24. The SMILES string of the molecule is CO[C@H]1O[C@@H](n2nnc3c(=O)[nH]c(N)nc32)C(O)C1OP(=O)(O)OC[C@H]1O[C@@H](n2cnc3c(N)ncnc32)C(O)C1O. The third-order valence-corrected chi connectivity index (χ3v) is 7.64. The number of nitrogens with zero attached hydrogens (tertiary/aromatic N) is 8. The van der Waals surface area contributed by atoms with Crippen molar-refractivity contribution in [3.63, 3.8) is 0 Å². The normalized spacial score (nSPS) is 31.3. The Balaban J connectivity index is 1.15. The highest BCUT2D eigenvalue weighted by Crippen LogP contribution is 2.49. The first-order valence-corrected chi connectivity index (χ1v) is 13.6. The summed E-state index contributed by atoms with van der Waals surface area (Å²) in [6, 6.07) is 0. The van der Waals surface area contributed by atoms with Gasteiger partial charge < -0.3 is 45.9 Å². The highest BCUT2D eigenvalue weighted by Gasteiger charge is 2.51. The average Bonchev–Trinajstić information content (AvgIpc) is 3.69. The number of phosphoric ester groups is 1. The Hall–Kier alpha value is -3.70. The van der Waals surface area contributed by atoms with Gasteiger partial charge in [0.15, 0.2) is 47.5 Å². The van der Waals surface area contributed by atoms with Crippen molar-refractivity contribution >= 4 is 41.9 Å². The molecule has 9 atom stereocenters. The van der Waals surface area contributed by atoms with Crippen molar-refractivity contribution in [3.8, 4) is 0 Å². The lowest BCUT2D eigenvalue weighted by atomic mass is 10.1. The highest BCUT2D eigenvalue weighted by atomic mass is 31.2. The van der Waals surface area contributed by atoms with Crippen molar-refractivity contribution < 1.29 is 48.0 Å². The fourth-order valence-electron chi connectivity index (χ4n) is 4.66. The summed E-state index contributed by atoms with van der Waals surface area (Å²) in [4.78, 5) is 40.7. The van der Waals surface area contributed by atoms with E-state index in [1.54, 1.807) is 0 Å². The van der Waals surface area contributed by atoms with Crippen LogP contribution in [0.2, 0.25) is 0 Å². The second-order valence-corrected chi connectivity index (χ2v) is 10.6. The van der Waals surface area contributed by atoms with Gasteiger partial charge in [0.1, 0.15) is 36.3 Å². The number of nitrogens with one attached hydrogen (secondary N) is 1. The van der Waals surface area contributed by atoms with Gasteiger partial charge in [0, 0.05) is 7.11 Å². The maximum atomic E-state index is 12.9. The molecule has 2 saturated heterocycles. The van der Waals surface area contributed by atoms with Crippen molar-refractivity contribution in [1.29, 1.82) is 0 Å². The number of fused-ring (bicyclic) bond motifs is 2. The number of hydrogen-bond acceptors (Lipinski definition) is 18. The minimum absolute atomic E-state index is 0.0887. The number of methoxy groups -OCH3 is 1. The summed E-state index contributed by atoms with van der Waals surface area (Å²) in [5.74, 6) is -0.166. The molecule has 2 fully saturated rings. The molecule has 0 aromatic carbocycles. The van der Waals surface area contributed by atoms with Crippen molar-refractivity contribution in [3.05, 3.63) is 23.0 Å². The molecule has 4 aromatic heterocycles. The molecule has 0 spiro atoms. The number of aromatic nitrogens is 9. The molecular formula is C19H24N11O11P. The van der Waals surface area contributed by atoms with Crippen LogP contribution >= 0.6 is 7.82 Å². The van der Waals surface area contributed by atoms with Gasteiger partial charge in [-0.3, -0.25) is 23.4 Å². The smallest absolute Gasteiger partial charge is 0.387 e. The van der Waals surface area contributed by atoms with Gasteiger partial charge in [-0.25, -0.2) is 19.5 Å². The van der Waals surface area contributed by atoms with Gasteiger partial charge in [-0.2, -0.15) is 9.67 Å². The number of phosphoric acid groups is 1. The van der Waals surface area contributed by atoms with E-state index < -0.39 is 69.3 Å². The lowest BCUT2D eigenvalue weighted by Gasteiger charge is -2.23. The number of H-pyrrole nitrogens is 1. The van der Waals surface area contributed by atoms with Gasteiger partial charge >= 0.3 is 7.82 Å². The summed E-state index contributed by atoms with van der Waals surface area (Å²) >= 11 is 0. The van der Waals surface area contributed by atoms with Gasteiger partial charge in [0.2, 0.25) is 5.95 Å². The zero-order chi connectivity index (χ0) is 29.9. The minimum Gasteiger partial charge on any atom is -0.387 e. The third-order valence-electron chi connectivity index (χ3n) is 6.65. The second kappa shape index (κ2) is 10.5. The minimum atomic E-state index is -5.01. The van der Waals surface area contributed by atoms with E-state index in [4.69, 9.17) is 34.7 Å². The molecule has 23 heteroatoms. The number of nitrogens with two attached hydrogens (primary N) is 2. The largest absolute Gasteiger partial charge is 0.472 e. The van der Waals surface area contributed by atoms with Crippen LogP contribution in [0, 0.1) is 0 Å². The molecule has 9 N–H and O–H groups in total. The number of imidazole rings is 1. The van der Waals surface area contributed by atoms with Crippen molar-refractivity contribution in [2.75, 3.05) is 25.2 Å².